The monoisotopic (exact) mass is 294 g/mol. The topological polar surface area (TPSA) is 101 Å². The lowest BCUT2D eigenvalue weighted by Crippen LogP contribution is -2.38. The van der Waals surface area contributed by atoms with Crippen LogP contribution in [-0.2, 0) is 13.1 Å². The standard InChI is InChI=1S/C14H10N6O2/c15-7-9-6-10-8-19(4-5-20(10)17-9)14(21)12-11-2-1-3-16-13(11)18-22-12/h1-3,6H,4-5,8H2. The summed E-state index contributed by atoms with van der Waals surface area (Å²) in [6, 6.07) is 7.20. The molecule has 0 unspecified atom stereocenters. The summed E-state index contributed by atoms with van der Waals surface area (Å²) in [7, 11) is 0. The molecule has 4 rings (SSSR count). The number of rotatable bonds is 1. The van der Waals surface area contributed by atoms with Gasteiger partial charge in [0.2, 0.25) is 11.4 Å². The highest BCUT2D eigenvalue weighted by molar-refractivity contribution is 6.02. The Kier molecular flexibility index (Phi) is 2.66. The van der Waals surface area contributed by atoms with E-state index in [1.165, 1.54) is 0 Å². The van der Waals surface area contributed by atoms with Gasteiger partial charge in [-0.25, -0.2) is 4.98 Å². The first-order chi connectivity index (χ1) is 10.8. The van der Waals surface area contributed by atoms with E-state index in [1.807, 2.05) is 6.07 Å². The van der Waals surface area contributed by atoms with Crippen molar-refractivity contribution in [1.29, 1.82) is 5.26 Å². The van der Waals surface area contributed by atoms with E-state index in [0.29, 0.717) is 36.4 Å². The molecule has 1 amide bonds. The van der Waals surface area contributed by atoms with E-state index < -0.39 is 0 Å². The lowest BCUT2D eigenvalue weighted by Gasteiger charge is -2.26. The maximum Gasteiger partial charge on any atom is 0.293 e. The van der Waals surface area contributed by atoms with Gasteiger partial charge in [-0.3, -0.25) is 9.48 Å². The van der Waals surface area contributed by atoms with Crippen LogP contribution in [0.15, 0.2) is 28.9 Å². The molecule has 1 aliphatic rings. The van der Waals surface area contributed by atoms with Crippen LogP contribution in [0.1, 0.15) is 21.9 Å². The molecule has 8 heteroatoms. The van der Waals surface area contributed by atoms with Crippen molar-refractivity contribution in [2.75, 3.05) is 6.54 Å². The molecule has 0 radical (unpaired) electrons. The third kappa shape index (κ3) is 1.83. The Hall–Kier alpha value is -3.21. The molecule has 0 spiro atoms. The largest absolute Gasteiger partial charge is 0.348 e. The number of hydrogen-bond donors (Lipinski definition) is 0. The molecule has 0 saturated carbocycles. The Morgan fingerprint density at radius 1 is 1.41 bits per heavy atom. The van der Waals surface area contributed by atoms with Crippen molar-refractivity contribution in [3.8, 4) is 6.07 Å². The average molecular weight is 294 g/mol. The summed E-state index contributed by atoms with van der Waals surface area (Å²) in [5, 5.41) is 17.4. The van der Waals surface area contributed by atoms with Crippen molar-refractivity contribution in [1.82, 2.24) is 24.8 Å². The molecule has 1 aliphatic heterocycles. The Bertz CT molecular complexity index is 919. The van der Waals surface area contributed by atoms with Crippen molar-refractivity contribution in [2.45, 2.75) is 13.1 Å². The lowest BCUT2D eigenvalue weighted by atomic mass is 10.2. The maximum absolute atomic E-state index is 12.6. The van der Waals surface area contributed by atoms with Gasteiger partial charge < -0.3 is 9.42 Å². The normalized spacial score (nSPS) is 13.9. The van der Waals surface area contributed by atoms with Crippen molar-refractivity contribution < 1.29 is 9.32 Å². The van der Waals surface area contributed by atoms with Crippen molar-refractivity contribution in [3.05, 3.63) is 41.5 Å². The Morgan fingerprint density at radius 3 is 3.18 bits per heavy atom. The number of fused-ring (bicyclic) bond motifs is 2. The molecule has 3 aromatic rings. The van der Waals surface area contributed by atoms with Gasteiger partial charge in [-0.15, -0.1) is 0 Å². The van der Waals surface area contributed by atoms with Crippen LogP contribution in [-0.4, -0.2) is 37.3 Å². The molecular formula is C14H10N6O2. The second kappa shape index (κ2) is 4.66. The summed E-state index contributed by atoms with van der Waals surface area (Å²) in [5.74, 6) is -0.0435. The zero-order valence-electron chi connectivity index (χ0n) is 11.4. The Balaban J connectivity index is 1.65. The fourth-order valence-corrected chi connectivity index (χ4v) is 2.58. The average Bonchev–Trinajstić information content (AvgIpc) is 3.17. The number of nitriles is 1. The minimum absolute atomic E-state index is 0.191. The zero-order valence-corrected chi connectivity index (χ0v) is 11.4. The summed E-state index contributed by atoms with van der Waals surface area (Å²) < 4.78 is 6.92. The summed E-state index contributed by atoms with van der Waals surface area (Å²) in [5.41, 5.74) is 1.61. The first kappa shape index (κ1) is 12.5. The fraction of sp³-hybridized carbons (Fsp3) is 0.214. The molecule has 0 aliphatic carbocycles. The smallest absolute Gasteiger partial charge is 0.293 e. The first-order valence-electron chi connectivity index (χ1n) is 6.73. The van der Waals surface area contributed by atoms with E-state index in [9.17, 15) is 4.79 Å². The Morgan fingerprint density at radius 2 is 2.32 bits per heavy atom. The third-order valence-electron chi connectivity index (χ3n) is 3.65. The van der Waals surface area contributed by atoms with Crippen LogP contribution in [0, 0.1) is 11.3 Å². The van der Waals surface area contributed by atoms with E-state index >= 15 is 0 Å². The quantitative estimate of drug-likeness (QED) is 0.662. The first-order valence-corrected chi connectivity index (χ1v) is 6.73. The van der Waals surface area contributed by atoms with Gasteiger partial charge in [-0.2, -0.15) is 10.4 Å². The van der Waals surface area contributed by atoms with Gasteiger partial charge in [0.15, 0.2) is 5.69 Å². The van der Waals surface area contributed by atoms with Crippen molar-refractivity contribution in [2.24, 2.45) is 0 Å². The second-order valence-corrected chi connectivity index (χ2v) is 4.97. The lowest BCUT2D eigenvalue weighted by molar-refractivity contribution is 0.0667. The fourth-order valence-electron chi connectivity index (χ4n) is 2.58. The highest BCUT2D eigenvalue weighted by atomic mass is 16.5. The number of amides is 1. The zero-order chi connectivity index (χ0) is 15.1. The minimum Gasteiger partial charge on any atom is -0.348 e. The van der Waals surface area contributed by atoms with Gasteiger partial charge in [0.1, 0.15) is 6.07 Å². The van der Waals surface area contributed by atoms with E-state index in [4.69, 9.17) is 9.78 Å². The van der Waals surface area contributed by atoms with Gasteiger partial charge >= 0.3 is 0 Å². The molecule has 0 N–H and O–H groups in total. The molecule has 3 aromatic heterocycles. The maximum atomic E-state index is 12.6. The number of nitrogens with zero attached hydrogens (tertiary/aromatic N) is 6. The molecule has 0 saturated heterocycles. The molecule has 0 fully saturated rings. The Labute approximate surface area is 124 Å². The van der Waals surface area contributed by atoms with Crippen LogP contribution in [0.2, 0.25) is 0 Å². The van der Waals surface area contributed by atoms with Crippen molar-refractivity contribution in [3.63, 3.8) is 0 Å². The van der Waals surface area contributed by atoms with Crippen LogP contribution in [0.5, 0.6) is 0 Å². The molecule has 22 heavy (non-hydrogen) atoms. The van der Waals surface area contributed by atoms with E-state index in [2.05, 4.69) is 15.2 Å². The van der Waals surface area contributed by atoms with Crippen LogP contribution >= 0.6 is 0 Å². The highest BCUT2D eigenvalue weighted by Gasteiger charge is 2.27. The summed E-state index contributed by atoms with van der Waals surface area (Å²) in [6.45, 7) is 1.43. The predicted octanol–water partition coefficient (Wildman–Crippen LogP) is 0.947. The van der Waals surface area contributed by atoms with Gasteiger partial charge in [0.05, 0.1) is 24.2 Å². The van der Waals surface area contributed by atoms with E-state index in [-0.39, 0.29) is 11.7 Å². The van der Waals surface area contributed by atoms with E-state index in [0.717, 1.165) is 5.69 Å². The molecule has 0 aromatic carbocycles. The summed E-state index contributed by atoms with van der Waals surface area (Å²) >= 11 is 0. The number of hydrogen-bond acceptors (Lipinski definition) is 6. The van der Waals surface area contributed by atoms with Gasteiger partial charge in [-0.1, -0.05) is 5.16 Å². The van der Waals surface area contributed by atoms with Crippen molar-refractivity contribution >= 4 is 16.9 Å². The third-order valence-corrected chi connectivity index (χ3v) is 3.65. The molecule has 4 heterocycles. The molecule has 8 nitrogen and oxygen atoms in total. The van der Waals surface area contributed by atoms with Crippen LogP contribution < -0.4 is 0 Å². The minimum atomic E-state index is -0.235. The van der Waals surface area contributed by atoms with Crippen LogP contribution in [0.25, 0.3) is 11.0 Å². The number of pyridine rings is 1. The van der Waals surface area contributed by atoms with E-state index in [1.54, 1.807) is 34.0 Å². The summed E-state index contributed by atoms with van der Waals surface area (Å²) in [4.78, 5) is 18.3. The van der Waals surface area contributed by atoms with Crippen LogP contribution in [0.4, 0.5) is 0 Å². The van der Waals surface area contributed by atoms with Gasteiger partial charge in [0.25, 0.3) is 5.91 Å². The number of carbonyl (C=O) groups excluding carboxylic acids is 1. The number of carbonyl (C=O) groups is 1. The van der Waals surface area contributed by atoms with Gasteiger partial charge in [0, 0.05) is 12.7 Å². The second-order valence-electron chi connectivity index (χ2n) is 4.97. The van der Waals surface area contributed by atoms with Gasteiger partial charge in [-0.05, 0) is 18.2 Å². The summed E-state index contributed by atoms with van der Waals surface area (Å²) in [6.07, 6.45) is 1.60. The highest BCUT2D eigenvalue weighted by Crippen LogP contribution is 2.21. The molecule has 0 bridgehead atoms. The number of aromatic nitrogens is 4. The molecule has 0 atom stereocenters. The predicted molar refractivity (Wildman–Crippen MR) is 73.5 cm³/mol. The molecular weight excluding hydrogens is 284 g/mol. The van der Waals surface area contributed by atoms with Crippen LogP contribution in [0.3, 0.4) is 0 Å². The SMILES string of the molecule is N#Cc1cc2n(n1)CCN(C(=O)c1onc3ncccc13)C2. The molecule has 108 valence electrons.